The predicted molar refractivity (Wildman–Crippen MR) is 136 cm³/mol. The summed E-state index contributed by atoms with van der Waals surface area (Å²) in [6.07, 6.45) is 1.60. The number of halogens is 1. The fourth-order valence-corrected chi connectivity index (χ4v) is 3.58. The molecule has 30 heavy (non-hydrogen) atoms. The van der Waals surface area contributed by atoms with Crippen LogP contribution in [0.2, 0.25) is 0 Å². The van der Waals surface area contributed by atoms with Crippen LogP contribution in [0.4, 0.5) is 0 Å². The zero-order chi connectivity index (χ0) is 21.1. The predicted octanol–water partition coefficient (Wildman–Crippen LogP) is 3.42. The van der Waals surface area contributed by atoms with E-state index in [1.54, 1.807) is 0 Å². The Balaban J connectivity index is 0.00000450. The molecule has 3 N–H and O–H groups in total. The van der Waals surface area contributed by atoms with Crippen molar-refractivity contribution in [3.8, 4) is 0 Å². The molecule has 1 heterocycles. The van der Waals surface area contributed by atoms with Crippen molar-refractivity contribution in [2.75, 3.05) is 39.4 Å². The van der Waals surface area contributed by atoms with Gasteiger partial charge < -0.3 is 20.5 Å². The molecule has 2 atom stereocenters. The second kappa shape index (κ2) is 15.0. The lowest BCUT2D eigenvalue weighted by Crippen LogP contribution is -2.49. The van der Waals surface area contributed by atoms with Crippen molar-refractivity contribution in [2.24, 2.45) is 10.9 Å². The first-order valence-corrected chi connectivity index (χ1v) is 11.1. The number of aliphatic hydroxyl groups is 1. The Morgan fingerprint density at radius 2 is 1.83 bits per heavy atom. The SMILES string of the molecule is CCNC(=NCC(O)COCC(C)C)NC1CCN(C(C)c2ccccc2)CC1.I. The number of guanidine groups is 1. The number of rotatable bonds is 10. The van der Waals surface area contributed by atoms with Gasteiger partial charge in [0.25, 0.3) is 0 Å². The van der Waals surface area contributed by atoms with Crippen LogP contribution in [0, 0.1) is 5.92 Å². The van der Waals surface area contributed by atoms with Crippen molar-refractivity contribution in [2.45, 2.75) is 58.7 Å². The lowest BCUT2D eigenvalue weighted by Gasteiger charge is -2.37. The highest BCUT2D eigenvalue weighted by Gasteiger charge is 2.24. The van der Waals surface area contributed by atoms with Crippen molar-refractivity contribution in [1.82, 2.24) is 15.5 Å². The first-order chi connectivity index (χ1) is 14.0. The monoisotopic (exact) mass is 532 g/mol. The second-order valence-electron chi connectivity index (χ2n) is 8.35. The van der Waals surface area contributed by atoms with E-state index in [-0.39, 0.29) is 24.0 Å². The minimum absolute atomic E-state index is 0. The van der Waals surface area contributed by atoms with Crippen LogP contribution in [-0.2, 0) is 4.74 Å². The Morgan fingerprint density at radius 1 is 1.17 bits per heavy atom. The fourth-order valence-electron chi connectivity index (χ4n) is 3.58. The van der Waals surface area contributed by atoms with Crippen LogP contribution in [0.25, 0.3) is 0 Å². The van der Waals surface area contributed by atoms with Gasteiger partial charge in [0.2, 0.25) is 0 Å². The molecule has 0 amide bonds. The molecule has 1 aromatic carbocycles. The normalized spacial score (nSPS) is 18.0. The molecular weight excluding hydrogens is 491 g/mol. The molecule has 0 saturated carbocycles. The average molecular weight is 533 g/mol. The maximum Gasteiger partial charge on any atom is 0.191 e. The van der Waals surface area contributed by atoms with Crippen LogP contribution in [0.1, 0.15) is 52.1 Å². The van der Waals surface area contributed by atoms with E-state index in [2.05, 4.69) is 78.6 Å². The van der Waals surface area contributed by atoms with Crippen LogP contribution < -0.4 is 10.6 Å². The minimum Gasteiger partial charge on any atom is -0.389 e. The standard InChI is InChI=1S/C23H40N4O2.HI/c1-5-24-23(25-15-22(28)17-29-16-18(2)3)26-21-11-13-27(14-12-21)19(4)20-9-7-6-8-10-20;/h6-10,18-19,21-22,28H,5,11-17H2,1-4H3,(H2,24,25,26);1H. The molecule has 0 radical (unpaired) electrons. The number of aliphatic hydroxyl groups excluding tert-OH is 1. The number of benzene rings is 1. The third-order valence-electron chi connectivity index (χ3n) is 5.27. The number of ether oxygens (including phenoxy) is 1. The summed E-state index contributed by atoms with van der Waals surface area (Å²) in [5, 5.41) is 16.9. The summed E-state index contributed by atoms with van der Waals surface area (Å²) in [6.45, 7) is 12.8. The molecule has 0 spiro atoms. The molecule has 2 unspecified atom stereocenters. The van der Waals surface area contributed by atoms with E-state index in [1.807, 2.05) is 0 Å². The number of aliphatic imine (C=N–C) groups is 1. The molecule has 6 nitrogen and oxygen atoms in total. The van der Waals surface area contributed by atoms with Crippen LogP contribution in [-0.4, -0.2) is 67.5 Å². The maximum absolute atomic E-state index is 10.1. The second-order valence-corrected chi connectivity index (χ2v) is 8.35. The maximum atomic E-state index is 10.1. The van der Waals surface area contributed by atoms with Gasteiger partial charge in [-0.3, -0.25) is 9.89 Å². The van der Waals surface area contributed by atoms with Gasteiger partial charge in [-0.25, -0.2) is 0 Å². The van der Waals surface area contributed by atoms with Crippen molar-refractivity contribution >= 4 is 29.9 Å². The van der Waals surface area contributed by atoms with Crippen LogP contribution in [0.15, 0.2) is 35.3 Å². The number of hydrogen-bond donors (Lipinski definition) is 3. The highest BCUT2D eigenvalue weighted by atomic mass is 127. The average Bonchev–Trinajstić information content (AvgIpc) is 2.72. The van der Waals surface area contributed by atoms with Gasteiger partial charge in [0, 0.05) is 38.3 Å². The summed E-state index contributed by atoms with van der Waals surface area (Å²) in [5.41, 5.74) is 1.38. The van der Waals surface area contributed by atoms with Gasteiger partial charge in [-0.05, 0) is 38.2 Å². The van der Waals surface area contributed by atoms with E-state index in [9.17, 15) is 5.11 Å². The van der Waals surface area contributed by atoms with Crippen molar-refractivity contribution < 1.29 is 9.84 Å². The van der Waals surface area contributed by atoms with Crippen LogP contribution in [0.5, 0.6) is 0 Å². The third-order valence-corrected chi connectivity index (χ3v) is 5.27. The Morgan fingerprint density at radius 3 is 2.43 bits per heavy atom. The number of nitrogens with zero attached hydrogens (tertiary/aromatic N) is 2. The molecule has 0 aromatic heterocycles. The highest BCUT2D eigenvalue weighted by Crippen LogP contribution is 2.23. The van der Waals surface area contributed by atoms with Gasteiger partial charge >= 0.3 is 0 Å². The Bertz CT molecular complexity index is 592. The molecule has 1 saturated heterocycles. The molecule has 0 bridgehead atoms. The molecule has 172 valence electrons. The van der Waals surface area contributed by atoms with E-state index >= 15 is 0 Å². The summed E-state index contributed by atoms with van der Waals surface area (Å²) < 4.78 is 5.50. The number of likely N-dealkylation sites (tertiary alicyclic amines) is 1. The minimum atomic E-state index is -0.572. The highest BCUT2D eigenvalue weighted by molar-refractivity contribution is 14.0. The first-order valence-electron chi connectivity index (χ1n) is 11.1. The van der Waals surface area contributed by atoms with Gasteiger partial charge in [0.1, 0.15) is 0 Å². The van der Waals surface area contributed by atoms with Gasteiger partial charge in [0.15, 0.2) is 5.96 Å². The molecular formula is C23H41IN4O2. The smallest absolute Gasteiger partial charge is 0.191 e. The third kappa shape index (κ3) is 9.94. The van der Waals surface area contributed by atoms with Gasteiger partial charge in [0.05, 0.1) is 19.3 Å². The van der Waals surface area contributed by atoms with E-state index in [0.29, 0.717) is 37.8 Å². The quantitative estimate of drug-likeness (QED) is 0.245. The lowest BCUT2D eigenvalue weighted by molar-refractivity contribution is 0.0301. The van der Waals surface area contributed by atoms with Crippen molar-refractivity contribution in [3.05, 3.63) is 35.9 Å². The summed E-state index contributed by atoms with van der Waals surface area (Å²) in [6, 6.07) is 11.6. The molecule has 0 aliphatic carbocycles. The zero-order valence-corrected chi connectivity index (χ0v) is 21.3. The van der Waals surface area contributed by atoms with E-state index in [1.165, 1.54) is 5.56 Å². The molecule has 2 rings (SSSR count). The van der Waals surface area contributed by atoms with E-state index < -0.39 is 6.10 Å². The molecule has 1 aromatic rings. The Kier molecular flexibility index (Phi) is 13.6. The topological polar surface area (TPSA) is 69.1 Å². The number of hydrogen-bond acceptors (Lipinski definition) is 4. The molecule has 1 aliphatic rings. The Labute approximate surface area is 199 Å². The fraction of sp³-hybridized carbons (Fsp3) is 0.696. The number of piperidine rings is 1. The van der Waals surface area contributed by atoms with E-state index in [4.69, 9.17) is 4.74 Å². The lowest BCUT2D eigenvalue weighted by atomic mass is 10.0. The van der Waals surface area contributed by atoms with E-state index in [0.717, 1.165) is 38.4 Å². The summed E-state index contributed by atoms with van der Waals surface area (Å²) in [7, 11) is 0. The summed E-state index contributed by atoms with van der Waals surface area (Å²) >= 11 is 0. The summed E-state index contributed by atoms with van der Waals surface area (Å²) in [4.78, 5) is 7.11. The van der Waals surface area contributed by atoms with Crippen molar-refractivity contribution in [1.29, 1.82) is 0 Å². The zero-order valence-electron chi connectivity index (χ0n) is 19.0. The largest absolute Gasteiger partial charge is 0.389 e. The molecule has 1 aliphatic heterocycles. The molecule has 1 fully saturated rings. The molecule has 7 heteroatoms. The van der Waals surface area contributed by atoms with Gasteiger partial charge in [-0.1, -0.05) is 44.2 Å². The van der Waals surface area contributed by atoms with Gasteiger partial charge in [-0.2, -0.15) is 0 Å². The van der Waals surface area contributed by atoms with Crippen molar-refractivity contribution in [3.63, 3.8) is 0 Å². The summed E-state index contributed by atoms with van der Waals surface area (Å²) in [5.74, 6) is 1.25. The van der Waals surface area contributed by atoms with Crippen LogP contribution in [0.3, 0.4) is 0 Å². The van der Waals surface area contributed by atoms with Crippen LogP contribution >= 0.6 is 24.0 Å². The number of nitrogens with one attached hydrogen (secondary N) is 2. The Hall–Kier alpha value is -0.900. The first kappa shape index (κ1) is 27.1. The van der Waals surface area contributed by atoms with Gasteiger partial charge in [-0.15, -0.1) is 24.0 Å².